The normalized spacial score (nSPS) is 14.6. The summed E-state index contributed by atoms with van der Waals surface area (Å²) in [7, 11) is -3.21. The van der Waals surface area contributed by atoms with Crippen LogP contribution in [0.5, 0.6) is 0 Å². The van der Waals surface area contributed by atoms with Gasteiger partial charge < -0.3 is 5.32 Å². The molecule has 0 radical (unpaired) electrons. The summed E-state index contributed by atoms with van der Waals surface area (Å²) >= 11 is 1.19. The first-order chi connectivity index (χ1) is 12.0. The van der Waals surface area contributed by atoms with Gasteiger partial charge in [0.1, 0.15) is 10.0 Å². The van der Waals surface area contributed by atoms with Crippen molar-refractivity contribution in [3.63, 3.8) is 0 Å². The Labute approximate surface area is 149 Å². The van der Waals surface area contributed by atoms with E-state index < -0.39 is 9.84 Å². The molecule has 0 aromatic carbocycles. The highest BCUT2D eigenvalue weighted by Gasteiger charge is 2.25. The fraction of sp³-hybridized carbons (Fsp3) is 0.312. The van der Waals surface area contributed by atoms with E-state index in [4.69, 9.17) is 0 Å². The van der Waals surface area contributed by atoms with Crippen LogP contribution in [-0.2, 0) is 9.84 Å². The van der Waals surface area contributed by atoms with E-state index in [9.17, 15) is 8.42 Å². The van der Waals surface area contributed by atoms with E-state index in [0.717, 1.165) is 10.6 Å². The molecule has 0 amide bonds. The number of sulfone groups is 1. The summed E-state index contributed by atoms with van der Waals surface area (Å²) in [6, 6.07) is 7.10. The van der Waals surface area contributed by atoms with Crippen LogP contribution in [-0.4, -0.2) is 34.3 Å². The molecule has 130 valence electrons. The SMILES string of the molecule is CCS(=O)(=O)c1ccc(-c2nccc(Nc3cc(C4CC4)[nH]n3)n2)s1. The predicted molar refractivity (Wildman–Crippen MR) is 96.9 cm³/mol. The van der Waals surface area contributed by atoms with Gasteiger partial charge in [-0.05, 0) is 31.0 Å². The molecule has 7 nitrogen and oxygen atoms in total. The Balaban J connectivity index is 1.56. The lowest BCUT2D eigenvalue weighted by molar-refractivity contribution is 0.599. The Morgan fingerprint density at radius 1 is 1.28 bits per heavy atom. The number of hydrogen-bond acceptors (Lipinski definition) is 7. The Kier molecular flexibility index (Phi) is 4.04. The molecule has 1 aliphatic rings. The van der Waals surface area contributed by atoms with Crippen molar-refractivity contribution in [3.05, 3.63) is 36.2 Å². The first-order valence-corrected chi connectivity index (χ1v) is 10.5. The van der Waals surface area contributed by atoms with Crippen molar-refractivity contribution in [1.29, 1.82) is 0 Å². The molecule has 2 N–H and O–H groups in total. The molecule has 25 heavy (non-hydrogen) atoms. The number of aromatic nitrogens is 4. The zero-order valence-corrected chi connectivity index (χ0v) is 15.2. The van der Waals surface area contributed by atoms with Crippen LogP contribution in [0.1, 0.15) is 31.4 Å². The Bertz CT molecular complexity index is 1000. The minimum Gasteiger partial charge on any atom is -0.323 e. The molecule has 3 aromatic rings. The lowest BCUT2D eigenvalue weighted by atomic mass is 10.3. The second kappa shape index (κ2) is 6.23. The summed E-state index contributed by atoms with van der Waals surface area (Å²) in [4.78, 5) is 9.44. The van der Waals surface area contributed by atoms with Crippen molar-refractivity contribution in [2.45, 2.75) is 29.9 Å². The quantitative estimate of drug-likeness (QED) is 0.685. The molecule has 0 aliphatic heterocycles. The summed E-state index contributed by atoms with van der Waals surface area (Å²) in [5.41, 5.74) is 1.14. The number of thiophene rings is 1. The van der Waals surface area contributed by atoms with Crippen molar-refractivity contribution >= 4 is 32.8 Å². The van der Waals surface area contributed by atoms with Gasteiger partial charge in [-0.15, -0.1) is 11.3 Å². The molecule has 9 heteroatoms. The minimum atomic E-state index is -3.21. The van der Waals surface area contributed by atoms with Crippen molar-refractivity contribution in [2.24, 2.45) is 0 Å². The van der Waals surface area contributed by atoms with E-state index in [2.05, 4.69) is 25.5 Å². The Hall–Kier alpha value is -2.26. The molecule has 1 fully saturated rings. The first-order valence-electron chi connectivity index (χ1n) is 8.03. The van der Waals surface area contributed by atoms with Crippen molar-refractivity contribution in [2.75, 3.05) is 11.1 Å². The van der Waals surface area contributed by atoms with Crippen LogP contribution in [0.2, 0.25) is 0 Å². The fourth-order valence-corrected chi connectivity index (χ4v) is 4.80. The highest BCUT2D eigenvalue weighted by molar-refractivity contribution is 7.93. The maximum atomic E-state index is 12.0. The van der Waals surface area contributed by atoms with Gasteiger partial charge in [-0.3, -0.25) is 5.10 Å². The van der Waals surface area contributed by atoms with Gasteiger partial charge in [0.25, 0.3) is 0 Å². The Morgan fingerprint density at radius 3 is 2.88 bits per heavy atom. The molecule has 1 saturated carbocycles. The van der Waals surface area contributed by atoms with Crippen molar-refractivity contribution < 1.29 is 8.42 Å². The van der Waals surface area contributed by atoms with E-state index in [0.29, 0.717) is 27.6 Å². The monoisotopic (exact) mass is 375 g/mol. The number of nitrogens with one attached hydrogen (secondary N) is 2. The predicted octanol–water partition coefficient (Wildman–Crippen LogP) is 3.34. The molecule has 1 aliphatic carbocycles. The second-order valence-corrected chi connectivity index (χ2v) is 9.48. The Morgan fingerprint density at radius 2 is 2.12 bits per heavy atom. The maximum Gasteiger partial charge on any atom is 0.187 e. The van der Waals surface area contributed by atoms with Crippen molar-refractivity contribution in [3.8, 4) is 10.7 Å². The summed E-state index contributed by atoms with van der Waals surface area (Å²) in [5.74, 6) is 2.51. The summed E-state index contributed by atoms with van der Waals surface area (Å²) in [6.07, 6.45) is 4.06. The van der Waals surface area contributed by atoms with Crippen LogP contribution in [0, 0.1) is 0 Å². The number of anilines is 2. The highest BCUT2D eigenvalue weighted by Crippen LogP contribution is 2.39. The number of nitrogens with zero attached hydrogens (tertiary/aromatic N) is 3. The number of rotatable bonds is 6. The lowest BCUT2D eigenvalue weighted by Gasteiger charge is -2.03. The smallest absolute Gasteiger partial charge is 0.187 e. The van der Waals surface area contributed by atoms with E-state index in [1.165, 1.54) is 24.2 Å². The van der Waals surface area contributed by atoms with Gasteiger partial charge in [0, 0.05) is 23.9 Å². The zero-order chi connectivity index (χ0) is 17.4. The summed E-state index contributed by atoms with van der Waals surface area (Å²) < 4.78 is 24.3. The van der Waals surface area contributed by atoms with Crippen LogP contribution in [0.15, 0.2) is 34.7 Å². The summed E-state index contributed by atoms with van der Waals surface area (Å²) in [6.45, 7) is 1.63. The van der Waals surface area contributed by atoms with Gasteiger partial charge in [-0.25, -0.2) is 18.4 Å². The summed E-state index contributed by atoms with van der Waals surface area (Å²) in [5, 5.41) is 10.4. The molecular weight excluding hydrogens is 358 g/mol. The number of H-pyrrole nitrogens is 1. The second-order valence-electron chi connectivity index (χ2n) is 5.90. The van der Waals surface area contributed by atoms with E-state index in [1.54, 1.807) is 31.3 Å². The van der Waals surface area contributed by atoms with Crippen molar-refractivity contribution in [1.82, 2.24) is 20.2 Å². The van der Waals surface area contributed by atoms with Crippen LogP contribution in [0.4, 0.5) is 11.6 Å². The van der Waals surface area contributed by atoms with Gasteiger partial charge in [0.15, 0.2) is 21.5 Å². The minimum absolute atomic E-state index is 0.0812. The molecule has 0 bridgehead atoms. The van der Waals surface area contributed by atoms with Crippen LogP contribution >= 0.6 is 11.3 Å². The molecule has 0 saturated heterocycles. The van der Waals surface area contributed by atoms with Gasteiger partial charge >= 0.3 is 0 Å². The standard InChI is InChI=1S/C16H17N5O2S2/c1-2-25(22,23)15-6-5-12(24-15)16-17-8-7-13(19-16)18-14-9-11(20-21-14)10-3-4-10/h5-10H,2-4H2,1H3,(H2,17,18,19,20,21). The topological polar surface area (TPSA) is 101 Å². The van der Waals surface area contributed by atoms with Crippen LogP contribution < -0.4 is 5.32 Å². The van der Waals surface area contributed by atoms with Gasteiger partial charge in [-0.2, -0.15) is 5.10 Å². The van der Waals surface area contributed by atoms with Gasteiger partial charge in [0.2, 0.25) is 0 Å². The molecule has 0 spiro atoms. The molecule has 0 atom stereocenters. The zero-order valence-electron chi connectivity index (χ0n) is 13.6. The lowest BCUT2D eigenvalue weighted by Crippen LogP contribution is -2.00. The number of hydrogen-bond donors (Lipinski definition) is 2. The largest absolute Gasteiger partial charge is 0.323 e. The van der Waals surface area contributed by atoms with Crippen LogP contribution in [0.25, 0.3) is 10.7 Å². The average Bonchev–Trinajstić information content (AvgIpc) is 3.15. The van der Waals surface area contributed by atoms with Gasteiger partial charge in [-0.1, -0.05) is 6.92 Å². The number of aromatic amines is 1. The molecular formula is C16H17N5O2S2. The third-order valence-corrected chi connectivity index (χ3v) is 7.41. The average molecular weight is 375 g/mol. The molecule has 3 heterocycles. The fourth-order valence-electron chi connectivity index (χ4n) is 2.43. The van der Waals surface area contributed by atoms with E-state index in [1.807, 2.05) is 6.07 Å². The van der Waals surface area contributed by atoms with Crippen LogP contribution in [0.3, 0.4) is 0 Å². The first kappa shape index (κ1) is 16.2. The molecule has 0 unspecified atom stereocenters. The molecule has 4 rings (SSSR count). The van der Waals surface area contributed by atoms with E-state index in [-0.39, 0.29) is 5.75 Å². The molecule has 3 aromatic heterocycles. The maximum absolute atomic E-state index is 12.0. The highest BCUT2D eigenvalue weighted by atomic mass is 32.2. The van der Waals surface area contributed by atoms with Gasteiger partial charge in [0.05, 0.1) is 10.6 Å². The van der Waals surface area contributed by atoms with E-state index >= 15 is 0 Å². The third-order valence-electron chi connectivity index (χ3n) is 4.01. The third kappa shape index (κ3) is 3.42.